The molecule has 0 aromatic heterocycles. The van der Waals surface area contributed by atoms with Gasteiger partial charge in [0.1, 0.15) is 5.82 Å². The Morgan fingerprint density at radius 1 is 1.32 bits per heavy atom. The maximum Gasteiger partial charge on any atom is 0.253 e. The van der Waals surface area contributed by atoms with Gasteiger partial charge in [0.15, 0.2) is 0 Å². The second-order valence-electron chi connectivity index (χ2n) is 5.02. The van der Waals surface area contributed by atoms with Crippen LogP contribution in [0.5, 0.6) is 0 Å². The van der Waals surface area contributed by atoms with Crippen molar-refractivity contribution in [3.8, 4) is 0 Å². The molecule has 0 spiro atoms. The van der Waals surface area contributed by atoms with Gasteiger partial charge in [0.25, 0.3) is 5.91 Å². The summed E-state index contributed by atoms with van der Waals surface area (Å²) in [4.78, 5) is 12.1. The summed E-state index contributed by atoms with van der Waals surface area (Å²) in [6.45, 7) is 0. The lowest BCUT2D eigenvalue weighted by Crippen LogP contribution is -2.42. The highest BCUT2D eigenvalue weighted by atomic mass is 19.1. The van der Waals surface area contributed by atoms with Crippen molar-refractivity contribution in [3.63, 3.8) is 0 Å². The molecular weight excluding hydrogens is 247 g/mol. The maximum absolute atomic E-state index is 12.9. The van der Waals surface area contributed by atoms with Crippen molar-refractivity contribution in [3.05, 3.63) is 29.6 Å². The average molecular weight is 266 g/mol. The zero-order valence-electron chi connectivity index (χ0n) is 10.7. The van der Waals surface area contributed by atoms with Crippen LogP contribution in [0.2, 0.25) is 0 Å². The summed E-state index contributed by atoms with van der Waals surface area (Å²) in [6, 6.07) is 3.44. The van der Waals surface area contributed by atoms with E-state index in [9.17, 15) is 14.3 Å². The molecule has 0 radical (unpaired) electrons. The van der Waals surface area contributed by atoms with Crippen LogP contribution in [0.25, 0.3) is 0 Å². The first kappa shape index (κ1) is 13.8. The highest BCUT2D eigenvalue weighted by Gasteiger charge is 2.24. The molecule has 2 atom stereocenters. The van der Waals surface area contributed by atoms with Crippen molar-refractivity contribution in [1.82, 2.24) is 5.32 Å². The summed E-state index contributed by atoms with van der Waals surface area (Å²) >= 11 is 0. The third-order valence-electron chi connectivity index (χ3n) is 3.55. The minimum absolute atomic E-state index is 0.112. The van der Waals surface area contributed by atoms with E-state index in [4.69, 9.17) is 5.73 Å². The van der Waals surface area contributed by atoms with E-state index in [1.807, 2.05) is 0 Å². The number of rotatable bonds is 2. The lowest BCUT2D eigenvalue weighted by molar-refractivity contribution is 0.0819. The predicted octanol–water partition coefficient (Wildman–Crippen LogP) is 1.83. The van der Waals surface area contributed by atoms with Gasteiger partial charge >= 0.3 is 0 Å². The van der Waals surface area contributed by atoms with Crippen LogP contribution in [0, 0.1) is 5.82 Å². The number of amides is 1. The normalized spacial score (nSPS) is 23.7. The molecule has 0 aliphatic heterocycles. The summed E-state index contributed by atoms with van der Waals surface area (Å²) in [5.41, 5.74) is 5.99. The Morgan fingerprint density at radius 3 is 2.79 bits per heavy atom. The van der Waals surface area contributed by atoms with Gasteiger partial charge in [-0.3, -0.25) is 4.79 Å². The molecule has 1 aromatic carbocycles. The zero-order valence-corrected chi connectivity index (χ0v) is 10.7. The largest absolute Gasteiger partial charge is 0.398 e. The fourth-order valence-electron chi connectivity index (χ4n) is 2.44. The van der Waals surface area contributed by atoms with Gasteiger partial charge < -0.3 is 16.2 Å². The van der Waals surface area contributed by atoms with Crippen molar-refractivity contribution in [1.29, 1.82) is 0 Å². The summed E-state index contributed by atoms with van der Waals surface area (Å²) in [7, 11) is 0. The first-order valence-electron chi connectivity index (χ1n) is 6.62. The number of carbonyl (C=O) groups excluding carboxylic acids is 1. The zero-order chi connectivity index (χ0) is 13.8. The maximum atomic E-state index is 12.9. The van der Waals surface area contributed by atoms with Crippen molar-refractivity contribution in [2.24, 2.45) is 0 Å². The fraction of sp³-hybridized carbons (Fsp3) is 0.500. The molecule has 1 aliphatic carbocycles. The number of benzene rings is 1. The van der Waals surface area contributed by atoms with E-state index in [0.717, 1.165) is 31.7 Å². The van der Waals surface area contributed by atoms with E-state index in [-0.39, 0.29) is 23.2 Å². The van der Waals surface area contributed by atoms with Gasteiger partial charge in [-0.15, -0.1) is 0 Å². The van der Waals surface area contributed by atoms with Gasteiger partial charge in [-0.1, -0.05) is 19.3 Å². The molecule has 4 nitrogen and oxygen atoms in total. The van der Waals surface area contributed by atoms with Crippen LogP contribution in [-0.4, -0.2) is 23.2 Å². The van der Waals surface area contributed by atoms with Crippen LogP contribution in [0.3, 0.4) is 0 Å². The minimum atomic E-state index is -0.520. The van der Waals surface area contributed by atoms with Crippen LogP contribution in [-0.2, 0) is 0 Å². The van der Waals surface area contributed by atoms with Gasteiger partial charge in [0.2, 0.25) is 0 Å². The number of nitrogens with one attached hydrogen (secondary N) is 1. The molecule has 104 valence electrons. The van der Waals surface area contributed by atoms with Crippen LogP contribution >= 0.6 is 0 Å². The molecule has 1 saturated carbocycles. The number of halogens is 1. The first-order chi connectivity index (χ1) is 9.08. The van der Waals surface area contributed by atoms with Crippen molar-refractivity contribution >= 4 is 11.6 Å². The second-order valence-corrected chi connectivity index (χ2v) is 5.02. The molecule has 0 heterocycles. The Hall–Kier alpha value is -1.62. The number of carbonyl (C=O) groups is 1. The number of hydrogen-bond acceptors (Lipinski definition) is 3. The quantitative estimate of drug-likeness (QED) is 0.564. The number of anilines is 1. The number of aliphatic hydroxyl groups is 1. The number of aliphatic hydroxyl groups excluding tert-OH is 1. The monoisotopic (exact) mass is 266 g/mol. The highest BCUT2D eigenvalue weighted by Crippen LogP contribution is 2.19. The highest BCUT2D eigenvalue weighted by molar-refractivity contribution is 5.99. The topological polar surface area (TPSA) is 75.4 Å². The molecule has 0 bridgehead atoms. The molecule has 19 heavy (non-hydrogen) atoms. The van der Waals surface area contributed by atoms with Gasteiger partial charge in [0, 0.05) is 5.69 Å². The first-order valence-corrected chi connectivity index (χ1v) is 6.62. The van der Waals surface area contributed by atoms with Crippen molar-refractivity contribution in [2.75, 3.05) is 5.73 Å². The van der Waals surface area contributed by atoms with Gasteiger partial charge in [-0.05, 0) is 31.0 Å². The van der Waals surface area contributed by atoms with Crippen LogP contribution in [0.1, 0.15) is 42.5 Å². The third-order valence-corrected chi connectivity index (χ3v) is 3.55. The molecule has 1 aromatic rings. The van der Waals surface area contributed by atoms with E-state index in [1.54, 1.807) is 0 Å². The Labute approximate surface area is 111 Å². The molecule has 5 heteroatoms. The van der Waals surface area contributed by atoms with E-state index >= 15 is 0 Å². The standard InChI is InChI=1S/C14H19FN2O2/c15-9-6-7-10(11(16)8-9)14(19)17-12-4-2-1-3-5-13(12)18/h6-8,12-13,18H,1-5,16H2,(H,17,19). The smallest absolute Gasteiger partial charge is 0.253 e. The number of hydrogen-bond donors (Lipinski definition) is 3. The summed E-state index contributed by atoms with van der Waals surface area (Å²) < 4.78 is 12.9. The molecule has 2 rings (SSSR count). The second kappa shape index (κ2) is 6.02. The number of nitrogen functional groups attached to an aromatic ring is 1. The van der Waals surface area contributed by atoms with Crippen LogP contribution in [0.4, 0.5) is 10.1 Å². The van der Waals surface area contributed by atoms with E-state index in [2.05, 4.69) is 5.32 Å². The van der Waals surface area contributed by atoms with Crippen LogP contribution in [0.15, 0.2) is 18.2 Å². The SMILES string of the molecule is Nc1cc(F)ccc1C(=O)NC1CCCCCC1O. The number of nitrogens with two attached hydrogens (primary N) is 1. The minimum Gasteiger partial charge on any atom is -0.398 e. The average Bonchev–Trinajstić information content (AvgIpc) is 2.55. The molecular formula is C14H19FN2O2. The lowest BCUT2D eigenvalue weighted by Gasteiger charge is -2.22. The van der Waals surface area contributed by atoms with Gasteiger partial charge in [0.05, 0.1) is 17.7 Å². The van der Waals surface area contributed by atoms with E-state index in [1.165, 1.54) is 12.1 Å². The summed E-state index contributed by atoms with van der Waals surface area (Å²) in [5.74, 6) is -0.827. The molecule has 1 aliphatic rings. The Kier molecular flexibility index (Phi) is 4.37. The molecule has 1 amide bonds. The summed E-state index contributed by atoms with van der Waals surface area (Å²) in [5, 5.41) is 12.7. The van der Waals surface area contributed by atoms with Gasteiger partial charge in [-0.2, -0.15) is 0 Å². The fourth-order valence-corrected chi connectivity index (χ4v) is 2.44. The lowest BCUT2D eigenvalue weighted by atomic mass is 10.0. The Morgan fingerprint density at radius 2 is 2.05 bits per heavy atom. The van der Waals surface area contributed by atoms with Gasteiger partial charge in [-0.25, -0.2) is 4.39 Å². The Bertz CT molecular complexity index is 465. The Balaban J connectivity index is 2.07. The summed E-state index contributed by atoms with van der Waals surface area (Å²) in [6.07, 6.45) is 3.97. The van der Waals surface area contributed by atoms with Crippen LogP contribution < -0.4 is 11.1 Å². The molecule has 2 unspecified atom stereocenters. The molecule has 1 fully saturated rings. The molecule has 4 N–H and O–H groups in total. The predicted molar refractivity (Wildman–Crippen MR) is 71.2 cm³/mol. The van der Waals surface area contributed by atoms with Crippen molar-refractivity contribution < 1.29 is 14.3 Å². The van der Waals surface area contributed by atoms with E-state index < -0.39 is 11.9 Å². The molecule has 0 saturated heterocycles. The van der Waals surface area contributed by atoms with Crippen molar-refractivity contribution in [2.45, 2.75) is 44.2 Å². The van der Waals surface area contributed by atoms with E-state index in [0.29, 0.717) is 6.42 Å². The third kappa shape index (κ3) is 3.44.